The zero-order valence-corrected chi connectivity index (χ0v) is 23.4. The number of esters is 1. The summed E-state index contributed by atoms with van der Waals surface area (Å²) in [6, 6.07) is 4.07. The van der Waals surface area contributed by atoms with E-state index in [-0.39, 0.29) is 30.5 Å². The number of nitrogens with zero attached hydrogens (tertiary/aromatic N) is 7. The fourth-order valence-electron chi connectivity index (χ4n) is 4.82. The first-order chi connectivity index (χ1) is 20.4. The molecule has 42 heavy (non-hydrogen) atoms. The van der Waals surface area contributed by atoms with Gasteiger partial charge in [-0.1, -0.05) is 0 Å². The van der Waals surface area contributed by atoms with Crippen LogP contribution in [0.25, 0.3) is 11.6 Å². The molecule has 0 bridgehead atoms. The number of fused-ring (bicyclic) bond motifs is 1. The van der Waals surface area contributed by atoms with Crippen molar-refractivity contribution < 1.29 is 23.0 Å². The fourth-order valence-corrected chi connectivity index (χ4v) is 5.42. The highest BCUT2D eigenvalue weighted by molar-refractivity contribution is 7.11. The number of amidine groups is 1. The van der Waals surface area contributed by atoms with Gasteiger partial charge in [0.25, 0.3) is 0 Å². The zero-order chi connectivity index (χ0) is 29.2. The van der Waals surface area contributed by atoms with E-state index in [1.165, 1.54) is 24.5 Å². The molecule has 1 atom stereocenters. The van der Waals surface area contributed by atoms with Crippen LogP contribution >= 0.6 is 11.3 Å². The molecule has 2 aliphatic heterocycles. The average Bonchev–Trinajstić information content (AvgIpc) is 3.57. The van der Waals surface area contributed by atoms with Crippen LogP contribution in [0.5, 0.6) is 5.75 Å². The Morgan fingerprint density at radius 1 is 1.14 bits per heavy atom. The molecule has 3 aromatic heterocycles. The smallest absolute Gasteiger partial charge is 0.337 e. The Morgan fingerprint density at radius 3 is 2.74 bits per heavy atom. The van der Waals surface area contributed by atoms with Crippen LogP contribution in [0.3, 0.4) is 0 Å². The van der Waals surface area contributed by atoms with Gasteiger partial charge in [0.1, 0.15) is 6.61 Å². The van der Waals surface area contributed by atoms with Crippen LogP contribution in [0.2, 0.25) is 0 Å². The van der Waals surface area contributed by atoms with Crippen LogP contribution in [0.4, 0.5) is 14.5 Å². The van der Waals surface area contributed by atoms with E-state index in [0.717, 1.165) is 17.3 Å². The van der Waals surface area contributed by atoms with Crippen molar-refractivity contribution in [2.75, 3.05) is 31.7 Å². The van der Waals surface area contributed by atoms with E-state index in [9.17, 15) is 13.6 Å². The zero-order valence-electron chi connectivity index (χ0n) is 22.5. The number of aliphatic imine (C=N–C) groups is 1. The Hall–Kier alpha value is -4.85. The van der Waals surface area contributed by atoms with Gasteiger partial charge < -0.3 is 19.7 Å². The lowest BCUT2D eigenvalue weighted by Crippen LogP contribution is -2.35. The molecule has 0 radical (unpaired) electrons. The summed E-state index contributed by atoms with van der Waals surface area (Å²) in [5, 5.41) is 5.45. The molecule has 0 saturated carbocycles. The van der Waals surface area contributed by atoms with E-state index >= 15 is 0 Å². The number of aromatic nitrogens is 5. The molecule has 4 aromatic rings. The van der Waals surface area contributed by atoms with E-state index in [2.05, 4.69) is 35.2 Å². The molecule has 2 aliphatic rings. The highest BCUT2D eigenvalue weighted by atomic mass is 32.1. The van der Waals surface area contributed by atoms with Crippen LogP contribution in [0.1, 0.15) is 29.2 Å². The lowest BCUT2D eigenvalue weighted by molar-refractivity contribution is -0.136. The molecule has 0 amide bonds. The molecular formula is C28H24F2N8O3S. The molecule has 0 fully saturated rings. The standard InChI is InChI=1S/C28H24F2N8O3S/c1-15-17-12-34-25(24-31-5-3-6-32-24)36-20(17)4-8-38(15)16-10-19(29)23(30)22(11-16)41-14-21-18(28(39)40-2)13-35-26(37-21)27-33-7-9-42-27/h3,5-7,9-12,15H,4,8,13-14H2,1-2H3,(H,35,37). The number of hydrogen-bond acceptors (Lipinski definition) is 12. The van der Waals surface area contributed by atoms with E-state index in [4.69, 9.17) is 9.47 Å². The van der Waals surface area contributed by atoms with Gasteiger partial charge in [0.2, 0.25) is 5.82 Å². The van der Waals surface area contributed by atoms with Gasteiger partial charge in [-0.2, -0.15) is 4.39 Å². The molecule has 1 aromatic carbocycles. The minimum Gasteiger partial charge on any atom is -0.484 e. The summed E-state index contributed by atoms with van der Waals surface area (Å²) < 4.78 is 40.5. The summed E-state index contributed by atoms with van der Waals surface area (Å²) in [6.45, 7) is 2.21. The van der Waals surface area contributed by atoms with E-state index < -0.39 is 17.6 Å². The van der Waals surface area contributed by atoms with Crippen molar-refractivity contribution in [3.8, 4) is 17.4 Å². The molecule has 5 heterocycles. The molecule has 11 nitrogen and oxygen atoms in total. The van der Waals surface area contributed by atoms with Crippen molar-refractivity contribution in [1.29, 1.82) is 0 Å². The number of thiazole rings is 1. The van der Waals surface area contributed by atoms with Gasteiger partial charge in [0.05, 0.1) is 36.7 Å². The Balaban J connectivity index is 1.24. The summed E-state index contributed by atoms with van der Waals surface area (Å²) >= 11 is 1.36. The van der Waals surface area contributed by atoms with Crippen molar-refractivity contribution in [1.82, 2.24) is 30.2 Å². The second-order valence-corrected chi connectivity index (χ2v) is 10.3. The maximum atomic E-state index is 15.0. The number of benzene rings is 1. The third-order valence-electron chi connectivity index (χ3n) is 6.95. The summed E-state index contributed by atoms with van der Waals surface area (Å²) in [5.41, 5.74) is 2.68. The van der Waals surface area contributed by atoms with E-state index in [1.54, 1.807) is 36.2 Å². The van der Waals surface area contributed by atoms with Crippen molar-refractivity contribution in [3.05, 3.63) is 87.5 Å². The van der Waals surface area contributed by atoms with Gasteiger partial charge in [0.15, 0.2) is 34.1 Å². The number of carbonyl (C=O) groups excluding carboxylic acids is 1. The minimum absolute atomic E-state index is 0.0229. The molecule has 1 unspecified atom stereocenters. The van der Waals surface area contributed by atoms with Crippen LogP contribution in [-0.4, -0.2) is 63.5 Å². The molecule has 0 aliphatic carbocycles. The Labute approximate surface area is 243 Å². The number of rotatable bonds is 7. The monoisotopic (exact) mass is 590 g/mol. The third kappa shape index (κ3) is 5.28. The van der Waals surface area contributed by atoms with Gasteiger partial charge in [-0.25, -0.2) is 34.1 Å². The summed E-state index contributed by atoms with van der Waals surface area (Å²) in [4.78, 5) is 40.4. The molecular weight excluding hydrogens is 566 g/mol. The Kier molecular flexibility index (Phi) is 7.52. The molecule has 1 N–H and O–H groups in total. The first-order valence-electron chi connectivity index (χ1n) is 13.0. The highest BCUT2D eigenvalue weighted by Gasteiger charge is 2.29. The van der Waals surface area contributed by atoms with Gasteiger partial charge in [-0.3, -0.25) is 4.99 Å². The van der Waals surface area contributed by atoms with E-state index in [0.29, 0.717) is 46.8 Å². The minimum atomic E-state index is -1.13. The number of carbonyl (C=O) groups is 1. The lowest BCUT2D eigenvalue weighted by Gasteiger charge is -2.36. The highest BCUT2D eigenvalue weighted by Crippen LogP contribution is 2.36. The van der Waals surface area contributed by atoms with Gasteiger partial charge in [0, 0.05) is 66.5 Å². The maximum absolute atomic E-state index is 15.0. The summed E-state index contributed by atoms with van der Waals surface area (Å²) in [6.07, 6.45) is 7.16. The van der Waals surface area contributed by atoms with Crippen LogP contribution in [0, 0.1) is 11.6 Å². The third-order valence-corrected chi connectivity index (χ3v) is 7.73. The first kappa shape index (κ1) is 27.3. The molecule has 0 saturated heterocycles. The van der Waals surface area contributed by atoms with Gasteiger partial charge in [-0.15, -0.1) is 11.3 Å². The van der Waals surface area contributed by atoms with E-state index in [1.807, 2.05) is 11.8 Å². The molecule has 214 valence electrons. The summed E-state index contributed by atoms with van der Waals surface area (Å²) in [5.74, 6) is -1.79. The number of nitrogens with one attached hydrogen (secondary N) is 1. The molecule has 6 rings (SSSR count). The fraction of sp³-hybridized carbons (Fsp3) is 0.250. The Bertz CT molecular complexity index is 1700. The van der Waals surface area contributed by atoms with Crippen LogP contribution < -0.4 is 15.0 Å². The maximum Gasteiger partial charge on any atom is 0.337 e. The number of halogens is 2. The second-order valence-electron chi connectivity index (χ2n) is 9.39. The summed E-state index contributed by atoms with van der Waals surface area (Å²) in [7, 11) is 1.26. The Morgan fingerprint density at radius 2 is 1.98 bits per heavy atom. The number of ether oxygens (including phenoxy) is 2. The number of hydrogen-bond donors (Lipinski definition) is 1. The lowest BCUT2D eigenvalue weighted by atomic mass is 9.98. The van der Waals surface area contributed by atoms with Crippen LogP contribution in [0.15, 0.2) is 64.6 Å². The van der Waals surface area contributed by atoms with Gasteiger partial charge in [-0.05, 0) is 13.0 Å². The largest absolute Gasteiger partial charge is 0.484 e. The second kappa shape index (κ2) is 11.6. The topological polar surface area (TPSA) is 128 Å². The number of anilines is 1. The quantitative estimate of drug-likeness (QED) is 0.319. The number of methoxy groups -OCH3 is 1. The molecule has 14 heteroatoms. The van der Waals surface area contributed by atoms with Crippen molar-refractivity contribution in [2.45, 2.75) is 19.4 Å². The van der Waals surface area contributed by atoms with Crippen molar-refractivity contribution in [2.24, 2.45) is 4.99 Å². The van der Waals surface area contributed by atoms with Gasteiger partial charge >= 0.3 is 5.97 Å². The van der Waals surface area contributed by atoms with Crippen molar-refractivity contribution >= 4 is 28.8 Å². The average molecular weight is 591 g/mol. The predicted octanol–water partition coefficient (Wildman–Crippen LogP) is 3.65. The normalized spacial score (nSPS) is 16.4. The molecule has 0 spiro atoms. The predicted molar refractivity (Wildman–Crippen MR) is 150 cm³/mol. The first-order valence-corrected chi connectivity index (χ1v) is 13.8. The SMILES string of the molecule is COC(=O)C1=C(COc2cc(N3CCc4nc(-c5ncccn5)ncc4C3C)cc(F)c2F)NC(c2nccs2)=NC1. The van der Waals surface area contributed by atoms with Crippen molar-refractivity contribution in [3.63, 3.8) is 0 Å². The van der Waals surface area contributed by atoms with Crippen LogP contribution in [-0.2, 0) is 16.0 Å².